The quantitative estimate of drug-likeness (QED) is 0.862. The highest BCUT2D eigenvalue weighted by Crippen LogP contribution is 2.22. The second kappa shape index (κ2) is 6.70. The van der Waals surface area contributed by atoms with E-state index in [0.29, 0.717) is 11.4 Å². The van der Waals surface area contributed by atoms with Crippen LogP contribution < -0.4 is 11.1 Å². The van der Waals surface area contributed by atoms with Crippen LogP contribution in [0.2, 0.25) is 0 Å². The van der Waals surface area contributed by atoms with Crippen LogP contribution in [-0.2, 0) is 11.2 Å². The summed E-state index contributed by atoms with van der Waals surface area (Å²) < 4.78 is 5.39. The lowest BCUT2D eigenvalue weighted by Crippen LogP contribution is -2.40. The van der Waals surface area contributed by atoms with E-state index in [-0.39, 0.29) is 18.1 Å². The fraction of sp³-hybridized carbons (Fsp3) is 0.600. The highest BCUT2D eigenvalue weighted by Gasteiger charge is 2.28. The molecule has 2 unspecified atom stereocenters. The molecular weight excluding hydrogens is 254 g/mol. The Bertz CT molecular complexity index is 476. The largest absolute Gasteiger partial charge is 0.384 e. The number of aryl methyl sites for hydroxylation is 1. The Morgan fingerprint density at radius 1 is 1.50 bits per heavy atom. The van der Waals surface area contributed by atoms with Gasteiger partial charge < -0.3 is 15.8 Å². The number of amides is 1. The second-order valence-electron chi connectivity index (χ2n) is 5.31. The van der Waals surface area contributed by atoms with Gasteiger partial charge in [-0.2, -0.15) is 0 Å². The zero-order valence-corrected chi connectivity index (χ0v) is 12.2. The number of hydrogen-bond acceptors (Lipinski definition) is 4. The molecule has 3 N–H and O–H groups in total. The molecule has 0 spiro atoms. The van der Waals surface area contributed by atoms with E-state index in [9.17, 15) is 4.79 Å². The average molecular weight is 277 g/mol. The molecule has 20 heavy (non-hydrogen) atoms. The third-order valence-corrected chi connectivity index (χ3v) is 3.74. The van der Waals surface area contributed by atoms with E-state index < -0.39 is 0 Å². The number of nitrogens with two attached hydrogens (primary N) is 1. The number of methoxy groups -OCH3 is 1. The van der Waals surface area contributed by atoms with Gasteiger partial charge in [-0.1, -0.05) is 13.3 Å². The predicted molar refractivity (Wildman–Crippen MR) is 78.5 cm³/mol. The standard InChI is InChI=1S/C15H23N3O2/c1-3-5-11-8-10(9-14(16)17-11)15(19)18-12-6-4-7-13(12)20-2/h8-9,12-13H,3-7H2,1-2H3,(H2,16,17)(H,18,19). The minimum atomic E-state index is -0.0922. The van der Waals surface area contributed by atoms with Gasteiger partial charge in [-0.25, -0.2) is 4.98 Å². The number of nitrogens with one attached hydrogen (secondary N) is 1. The molecule has 2 atom stereocenters. The number of nitrogens with zero attached hydrogens (tertiary/aromatic N) is 1. The lowest BCUT2D eigenvalue weighted by molar-refractivity contribution is 0.0722. The van der Waals surface area contributed by atoms with Gasteiger partial charge in [-0.15, -0.1) is 0 Å². The van der Waals surface area contributed by atoms with Crippen molar-refractivity contribution in [2.75, 3.05) is 12.8 Å². The van der Waals surface area contributed by atoms with Crippen molar-refractivity contribution >= 4 is 11.7 Å². The van der Waals surface area contributed by atoms with Crippen LogP contribution >= 0.6 is 0 Å². The summed E-state index contributed by atoms with van der Waals surface area (Å²) >= 11 is 0. The Balaban J connectivity index is 2.08. The van der Waals surface area contributed by atoms with Gasteiger partial charge in [0.1, 0.15) is 5.82 Å². The van der Waals surface area contributed by atoms with E-state index >= 15 is 0 Å². The maximum absolute atomic E-state index is 12.3. The molecular formula is C15H23N3O2. The summed E-state index contributed by atoms with van der Waals surface area (Å²) in [4.78, 5) is 16.6. The Morgan fingerprint density at radius 2 is 2.30 bits per heavy atom. The van der Waals surface area contributed by atoms with Crippen LogP contribution in [0.3, 0.4) is 0 Å². The van der Waals surface area contributed by atoms with Crippen molar-refractivity contribution in [3.05, 3.63) is 23.4 Å². The third-order valence-electron chi connectivity index (χ3n) is 3.74. The zero-order valence-electron chi connectivity index (χ0n) is 12.2. The molecule has 5 nitrogen and oxygen atoms in total. The molecule has 2 rings (SSSR count). The van der Waals surface area contributed by atoms with Crippen LogP contribution in [0.1, 0.15) is 48.7 Å². The number of aromatic nitrogens is 1. The predicted octanol–water partition coefficient (Wildman–Crippen LogP) is 1.91. The van der Waals surface area contributed by atoms with Gasteiger partial charge in [0.25, 0.3) is 5.91 Å². The van der Waals surface area contributed by atoms with Gasteiger partial charge >= 0.3 is 0 Å². The Hall–Kier alpha value is -1.62. The van der Waals surface area contributed by atoms with Gasteiger partial charge in [0.05, 0.1) is 12.1 Å². The van der Waals surface area contributed by atoms with Crippen LogP contribution in [0.25, 0.3) is 0 Å². The molecule has 110 valence electrons. The smallest absolute Gasteiger partial charge is 0.251 e. The first-order chi connectivity index (χ1) is 9.63. The second-order valence-corrected chi connectivity index (χ2v) is 5.31. The average Bonchev–Trinajstić information content (AvgIpc) is 2.85. The molecule has 0 aromatic carbocycles. The SMILES string of the molecule is CCCc1cc(C(=O)NC2CCCC2OC)cc(N)n1. The Morgan fingerprint density at radius 3 is 3.00 bits per heavy atom. The molecule has 5 heteroatoms. The van der Waals surface area contributed by atoms with Gasteiger partial charge in [-0.05, 0) is 37.8 Å². The summed E-state index contributed by atoms with van der Waals surface area (Å²) in [6.45, 7) is 2.08. The highest BCUT2D eigenvalue weighted by molar-refractivity contribution is 5.95. The maximum Gasteiger partial charge on any atom is 0.251 e. The van der Waals surface area contributed by atoms with Gasteiger partial charge in [0.15, 0.2) is 0 Å². The first-order valence-electron chi connectivity index (χ1n) is 7.24. The topological polar surface area (TPSA) is 77.2 Å². The molecule has 1 heterocycles. The third kappa shape index (κ3) is 3.48. The number of pyridine rings is 1. The first-order valence-corrected chi connectivity index (χ1v) is 7.24. The summed E-state index contributed by atoms with van der Waals surface area (Å²) in [5.41, 5.74) is 7.23. The van der Waals surface area contributed by atoms with E-state index in [0.717, 1.165) is 37.8 Å². The van der Waals surface area contributed by atoms with E-state index in [1.165, 1.54) is 0 Å². The number of nitrogen functional groups attached to an aromatic ring is 1. The van der Waals surface area contributed by atoms with Crippen molar-refractivity contribution in [3.63, 3.8) is 0 Å². The van der Waals surface area contributed by atoms with Crippen molar-refractivity contribution in [3.8, 4) is 0 Å². The van der Waals surface area contributed by atoms with E-state index in [1.54, 1.807) is 13.2 Å². The zero-order chi connectivity index (χ0) is 14.5. The number of anilines is 1. The van der Waals surface area contributed by atoms with Gasteiger partial charge in [0, 0.05) is 18.4 Å². The lowest BCUT2D eigenvalue weighted by Gasteiger charge is -2.19. The molecule has 1 aliphatic rings. The molecule has 1 amide bonds. The minimum absolute atomic E-state index is 0.0922. The van der Waals surface area contributed by atoms with E-state index in [1.807, 2.05) is 6.07 Å². The fourth-order valence-corrected chi connectivity index (χ4v) is 2.75. The van der Waals surface area contributed by atoms with Crippen LogP contribution in [0, 0.1) is 0 Å². The minimum Gasteiger partial charge on any atom is -0.384 e. The summed E-state index contributed by atoms with van der Waals surface area (Å²) in [7, 11) is 1.69. The first kappa shape index (κ1) is 14.8. The monoisotopic (exact) mass is 277 g/mol. The molecule has 0 bridgehead atoms. The molecule has 1 aromatic rings. The van der Waals surface area contributed by atoms with E-state index in [4.69, 9.17) is 10.5 Å². The number of carbonyl (C=O) groups excluding carboxylic acids is 1. The van der Waals surface area contributed by atoms with Crippen LogP contribution in [0.5, 0.6) is 0 Å². The maximum atomic E-state index is 12.3. The van der Waals surface area contributed by atoms with Crippen LogP contribution in [0.15, 0.2) is 12.1 Å². The van der Waals surface area contributed by atoms with Crippen molar-refractivity contribution in [2.45, 2.75) is 51.2 Å². The molecule has 1 aliphatic carbocycles. The normalized spacial score (nSPS) is 21.9. The Labute approximate surface area is 119 Å². The van der Waals surface area contributed by atoms with E-state index in [2.05, 4.69) is 17.2 Å². The number of hydrogen-bond donors (Lipinski definition) is 2. The fourth-order valence-electron chi connectivity index (χ4n) is 2.75. The summed E-state index contributed by atoms with van der Waals surface area (Å²) in [6, 6.07) is 3.55. The van der Waals surface area contributed by atoms with Crippen molar-refractivity contribution in [2.24, 2.45) is 0 Å². The van der Waals surface area contributed by atoms with Crippen LogP contribution in [-0.4, -0.2) is 30.1 Å². The van der Waals surface area contributed by atoms with Gasteiger partial charge in [0.2, 0.25) is 0 Å². The lowest BCUT2D eigenvalue weighted by atomic mass is 10.1. The Kier molecular flexibility index (Phi) is 4.95. The number of rotatable bonds is 5. The number of ether oxygens (including phenoxy) is 1. The molecule has 1 aromatic heterocycles. The van der Waals surface area contributed by atoms with Gasteiger partial charge in [-0.3, -0.25) is 4.79 Å². The van der Waals surface area contributed by atoms with Crippen LogP contribution in [0.4, 0.5) is 5.82 Å². The summed E-state index contributed by atoms with van der Waals surface area (Å²) in [5.74, 6) is 0.307. The summed E-state index contributed by atoms with van der Waals surface area (Å²) in [5, 5.41) is 3.05. The molecule has 1 saturated carbocycles. The van der Waals surface area contributed by atoms with Crippen molar-refractivity contribution < 1.29 is 9.53 Å². The van der Waals surface area contributed by atoms with Crippen molar-refractivity contribution in [1.82, 2.24) is 10.3 Å². The molecule has 0 radical (unpaired) electrons. The summed E-state index contributed by atoms with van der Waals surface area (Å²) in [6.07, 6.45) is 4.98. The number of carbonyl (C=O) groups is 1. The highest BCUT2D eigenvalue weighted by atomic mass is 16.5. The molecule has 0 aliphatic heterocycles. The molecule has 0 saturated heterocycles. The van der Waals surface area contributed by atoms with Crippen molar-refractivity contribution in [1.29, 1.82) is 0 Å². The molecule has 1 fully saturated rings.